The van der Waals surface area contributed by atoms with Crippen molar-refractivity contribution in [1.29, 1.82) is 0 Å². The maximum atomic E-state index is 12.9. The molecule has 0 radical (unpaired) electrons. The Morgan fingerprint density at radius 1 is 1.23 bits per heavy atom. The number of fused-ring (bicyclic) bond motifs is 1. The Morgan fingerprint density at radius 2 is 2.10 bits per heavy atom. The van der Waals surface area contributed by atoms with Crippen molar-refractivity contribution in [2.45, 2.75) is 51.2 Å². The number of carbonyl (C=O) groups is 3. The summed E-state index contributed by atoms with van der Waals surface area (Å²) in [5, 5.41) is 4.20. The number of amides is 1. The zero-order valence-electron chi connectivity index (χ0n) is 16.6. The Hall–Kier alpha value is -3.64. The maximum Gasteiger partial charge on any atom is 0.255 e. The smallest absolute Gasteiger partial charge is 0.255 e. The highest BCUT2D eigenvalue weighted by Crippen LogP contribution is 2.30. The number of unbranched alkanes of at least 4 members (excludes halogenated alkanes) is 1. The topological polar surface area (TPSA) is 72.3 Å². The van der Waals surface area contributed by atoms with Crippen LogP contribution >= 0.6 is 0 Å². The standard InChI is InChI=1S/C24H21N3O3/c1-2-17-14-25-26(15-17)12-5-3-4-7-18-8-6-9-20-21(18)16-27(24(20)30)22-11-10-19(28)13-23(22)29/h1,6,8-9,14-15,22H,3,5,10-13,16H2. The van der Waals surface area contributed by atoms with Gasteiger partial charge in [-0.2, -0.15) is 5.10 Å². The van der Waals surface area contributed by atoms with E-state index in [1.165, 1.54) is 0 Å². The van der Waals surface area contributed by atoms with E-state index in [1.54, 1.807) is 21.8 Å². The summed E-state index contributed by atoms with van der Waals surface area (Å²) < 4.78 is 1.81. The van der Waals surface area contributed by atoms with E-state index in [9.17, 15) is 14.4 Å². The zero-order valence-corrected chi connectivity index (χ0v) is 16.6. The van der Waals surface area contributed by atoms with Crippen molar-refractivity contribution in [2.24, 2.45) is 0 Å². The molecule has 1 aromatic heterocycles. The summed E-state index contributed by atoms with van der Waals surface area (Å²) in [6.07, 6.45) is 11.0. The molecule has 1 amide bonds. The van der Waals surface area contributed by atoms with Crippen molar-refractivity contribution in [2.75, 3.05) is 0 Å². The third-order valence-electron chi connectivity index (χ3n) is 5.52. The average Bonchev–Trinajstić information content (AvgIpc) is 3.33. The predicted octanol–water partition coefficient (Wildman–Crippen LogP) is 2.34. The number of aromatic nitrogens is 2. The first-order valence-electron chi connectivity index (χ1n) is 10.0. The number of rotatable bonds is 4. The van der Waals surface area contributed by atoms with Gasteiger partial charge in [0.2, 0.25) is 0 Å². The second kappa shape index (κ2) is 8.39. The van der Waals surface area contributed by atoms with E-state index in [2.05, 4.69) is 22.9 Å². The van der Waals surface area contributed by atoms with Crippen molar-refractivity contribution in [1.82, 2.24) is 14.7 Å². The molecule has 0 N–H and O–H groups in total. The predicted molar refractivity (Wildman–Crippen MR) is 110 cm³/mol. The lowest BCUT2D eigenvalue weighted by Crippen LogP contribution is -2.44. The first kappa shape index (κ1) is 19.7. The molecule has 4 rings (SSSR count). The lowest BCUT2D eigenvalue weighted by atomic mass is 9.92. The van der Waals surface area contributed by atoms with Crippen molar-refractivity contribution < 1.29 is 14.4 Å². The lowest BCUT2D eigenvalue weighted by molar-refractivity contribution is -0.133. The van der Waals surface area contributed by atoms with Gasteiger partial charge in [-0.25, -0.2) is 0 Å². The second-order valence-corrected chi connectivity index (χ2v) is 7.54. The Balaban J connectivity index is 1.42. The summed E-state index contributed by atoms with van der Waals surface area (Å²) in [6.45, 7) is 1.10. The minimum atomic E-state index is -0.509. The highest BCUT2D eigenvalue weighted by atomic mass is 16.2. The van der Waals surface area contributed by atoms with Gasteiger partial charge in [-0.3, -0.25) is 19.1 Å². The Kier molecular flexibility index (Phi) is 5.50. The van der Waals surface area contributed by atoms with Gasteiger partial charge in [-0.15, -0.1) is 6.42 Å². The number of terminal acetylenes is 1. The number of benzene rings is 1. The molecule has 6 nitrogen and oxygen atoms in total. The van der Waals surface area contributed by atoms with Gasteiger partial charge in [0.1, 0.15) is 5.78 Å². The van der Waals surface area contributed by atoms with E-state index in [0.29, 0.717) is 31.4 Å². The van der Waals surface area contributed by atoms with E-state index >= 15 is 0 Å². The molecule has 6 heteroatoms. The molecule has 30 heavy (non-hydrogen) atoms. The zero-order chi connectivity index (χ0) is 21.1. The highest BCUT2D eigenvalue weighted by molar-refractivity contribution is 6.07. The first-order chi connectivity index (χ1) is 14.6. The molecule has 0 spiro atoms. The van der Waals surface area contributed by atoms with Crippen LogP contribution in [0.1, 0.15) is 59.2 Å². The number of carbonyl (C=O) groups excluding carboxylic acids is 3. The summed E-state index contributed by atoms with van der Waals surface area (Å²) >= 11 is 0. The molecule has 1 aliphatic carbocycles. The molecule has 1 unspecified atom stereocenters. The molecule has 0 saturated heterocycles. The van der Waals surface area contributed by atoms with Crippen LogP contribution in [0.15, 0.2) is 30.6 Å². The summed E-state index contributed by atoms with van der Waals surface area (Å²) in [7, 11) is 0. The molecule has 2 heterocycles. The molecular formula is C24H21N3O3. The van der Waals surface area contributed by atoms with Crippen molar-refractivity contribution >= 4 is 17.5 Å². The number of hydrogen-bond acceptors (Lipinski definition) is 4. The maximum absolute atomic E-state index is 12.9. The van der Waals surface area contributed by atoms with Gasteiger partial charge in [0, 0.05) is 43.3 Å². The summed E-state index contributed by atoms with van der Waals surface area (Å²) in [5.41, 5.74) is 3.04. The third-order valence-corrected chi connectivity index (χ3v) is 5.52. The summed E-state index contributed by atoms with van der Waals surface area (Å²) in [5.74, 6) is 8.55. The van der Waals surface area contributed by atoms with Gasteiger partial charge in [0.05, 0.1) is 24.2 Å². The van der Waals surface area contributed by atoms with E-state index < -0.39 is 6.04 Å². The Labute approximate surface area is 175 Å². The van der Waals surface area contributed by atoms with Gasteiger partial charge in [0.25, 0.3) is 5.91 Å². The van der Waals surface area contributed by atoms with Crippen LogP contribution < -0.4 is 0 Å². The first-order valence-corrected chi connectivity index (χ1v) is 10.0. The number of Topliss-reactive ketones (excluding diaryl/α,β-unsaturated/α-hetero) is 2. The molecule has 150 valence electrons. The number of nitrogens with zero attached hydrogens (tertiary/aromatic N) is 3. The fourth-order valence-corrected chi connectivity index (χ4v) is 3.96. The molecule has 1 fully saturated rings. The van der Waals surface area contributed by atoms with Gasteiger partial charge >= 0.3 is 0 Å². The Morgan fingerprint density at radius 3 is 2.87 bits per heavy atom. The van der Waals surface area contributed by atoms with Crippen molar-refractivity contribution in [3.8, 4) is 24.2 Å². The van der Waals surface area contributed by atoms with E-state index in [-0.39, 0.29) is 23.9 Å². The number of hydrogen-bond donors (Lipinski definition) is 0. The second-order valence-electron chi connectivity index (χ2n) is 7.54. The van der Waals surface area contributed by atoms with Crippen LogP contribution in [0.5, 0.6) is 0 Å². The third kappa shape index (κ3) is 3.90. The van der Waals surface area contributed by atoms with Crippen LogP contribution in [0.2, 0.25) is 0 Å². The van der Waals surface area contributed by atoms with Gasteiger partial charge in [-0.1, -0.05) is 23.8 Å². The normalized spacial score (nSPS) is 18.0. The SMILES string of the molecule is C#Cc1cnn(CCCC#Cc2cccc3c2CN(C2CCC(=O)CC2=O)C3=O)c1. The van der Waals surface area contributed by atoms with Crippen LogP contribution in [0.25, 0.3) is 0 Å². The lowest BCUT2D eigenvalue weighted by Gasteiger charge is -2.29. The molecule has 1 atom stereocenters. The van der Waals surface area contributed by atoms with Gasteiger partial charge < -0.3 is 4.90 Å². The minimum absolute atomic E-state index is 0.0439. The van der Waals surface area contributed by atoms with Crippen LogP contribution in [-0.2, 0) is 22.7 Å². The molecular weight excluding hydrogens is 378 g/mol. The van der Waals surface area contributed by atoms with Crippen LogP contribution in [0, 0.1) is 24.2 Å². The fourth-order valence-electron chi connectivity index (χ4n) is 3.96. The van der Waals surface area contributed by atoms with Crippen LogP contribution in [0.4, 0.5) is 0 Å². The van der Waals surface area contributed by atoms with Gasteiger partial charge in [0.15, 0.2) is 5.78 Å². The largest absolute Gasteiger partial charge is 0.324 e. The molecule has 1 aromatic carbocycles. The Bertz CT molecular complexity index is 1130. The molecule has 2 aliphatic rings. The molecule has 1 aliphatic heterocycles. The number of ketones is 2. The molecule has 0 bridgehead atoms. The molecule has 1 saturated carbocycles. The monoisotopic (exact) mass is 399 g/mol. The van der Waals surface area contributed by atoms with E-state index in [4.69, 9.17) is 6.42 Å². The van der Waals surface area contributed by atoms with Crippen molar-refractivity contribution in [3.05, 3.63) is 52.8 Å². The summed E-state index contributed by atoms with van der Waals surface area (Å²) in [4.78, 5) is 38.3. The fraction of sp³-hybridized carbons (Fsp3) is 0.333. The van der Waals surface area contributed by atoms with Crippen molar-refractivity contribution in [3.63, 3.8) is 0 Å². The van der Waals surface area contributed by atoms with Gasteiger partial charge in [-0.05, 0) is 30.5 Å². The van der Waals surface area contributed by atoms with E-state index in [1.807, 2.05) is 18.3 Å². The van der Waals surface area contributed by atoms with E-state index in [0.717, 1.165) is 29.7 Å². The van der Waals surface area contributed by atoms with Crippen LogP contribution in [0.3, 0.4) is 0 Å². The van der Waals surface area contributed by atoms with Crippen LogP contribution in [-0.4, -0.2) is 38.2 Å². The minimum Gasteiger partial charge on any atom is -0.324 e. The highest BCUT2D eigenvalue weighted by Gasteiger charge is 2.39. The quantitative estimate of drug-likeness (QED) is 0.449. The average molecular weight is 399 g/mol. The number of aryl methyl sites for hydroxylation is 1. The molecule has 2 aromatic rings. The summed E-state index contributed by atoms with van der Waals surface area (Å²) in [6, 6.07) is 5.00.